The molecule has 0 atom stereocenters. The SMILES string of the molecule is COc1ccc(NC(=O)CSC23CC4CC(CC(C4)C2)C3)c(OC)c1. The third-order valence-corrected chi connectivity index (χ3v) is 7.69. The van der Waals surface area contributed by atoms with E-state index in [1.54, 1.807) is 20.3 Å². The Morgan fingerprint density at radius 1 is 1.12 bits per heavy atom. The summed E-state index contributed by atoms with van der Waals surface area (Å²) < 4.78 is 10.9. The number of hydrogen-bond donors (Lipinski definition) is 1. The summed E-state index contributed by atoms with van der Waals surface area (Å²) in [5.74, 6) is 4.70. The molecular weight excluding hydrogens is 334 g/mol. The molecular formula is C20H27NO3S. The Balaban J connectivity index is 1.37. The Kier molecular flexibility index (Phi) is 4.61. The van der Waals surface area contributed by atoms with Crippen molar-refractivity contribution in [1.29, 1.82) is 0 Å². The number of thioether (sulfide) groups is 1. The van der Waals surface area contributed by atoms with Crippen LogP contribution < -0.4 is 14.8 Å². The minimum atomic E-state index is 0.0595. The van der Waals surface area contributed by atoms with E-state index in [-0.39, 0.29) is 5.91 Å². The maximum absolute atomic E-state index is 12.5. The molecule has 1 N–H and O–H groups in total. The smallest absolute Gasteiger partial charge is 0.234 e. The van der Waals surface area contributed by atoms with Crippen LogP contribution in [0.2, 0.25) is 0 Å². The quantitative estimate of drug-likeness (QED) is 0.818. The lowest BCUT2D eigenvalue weighted by Crippen LogP contribution is -2.49. The topological polar surface area (TPSA) is 47.6 Å². The van der Waals surface area contributed by atoms with Crippen LogP contribution in [0.3, 0.4) is 0 Å². The Hall–Kier alpha value is -1.36. The Labute approximate surface area is 154 Å². The van der Waals surface area contributed by atoms with Crippen LogP contribution in [0.15, 0.2) is 18.2 Å². The summed E-state index contributed by atoms with van der Waals surface area (Å²) in [4.78, 5) is 12.5. The van der Waals surface area contributed by atoms with Crippen molar-refractivity contribution in [3.63, 3.8) is 0 Å². The van der Waals surface area contributed by atoms with Crippen molar-refractivity contribution in [3.05, 3.63) is 18.2 Å². The molecule has 5 rings (SSSR count). The molecule has 4 saturated carbocycles. The number of carbonyl (C=O) groups excluding carboxylic acids is 1. The lowest BCUT2D eigenvalue weighted by atomic mass is 9.56. The fraction of sp³-hybridized carbons (Fsp3) is 0.650. The van der Waals surface area contributed by atoms with Gasteiger partial charge < -0.3 is 14.8 Å². The van der Waals surface area contributed by atoms with Gasteiger partial charge in [-0.3, -0.25) is 4.79 Å². The molecule has 0 saturated heterocycles. The van der Waals surface area contributed by atoms with Gasteiger partial charge in [0, 0.05) is 10.8 Å². The summed E-state index contributed by atoms with van der Waals surface area (Å²) in [5, 5.41) is 3.00. The summed E-state index contributed by atoms with van der Waals surface area (Å²) in [6.45, 7) is 0. The van der Waals surface area contributed by atoms with E-state index in [9.17, 15) is 4.79 Å². The summed E-state index contributed by atoms with van der Waals surface area (Å²) in [6.07, 6.45) is 8.29. The number of hydrogen-bond acceptors (Lipinski definition) is 4. The lowest BCUT2D eigenvalue weighted by Gasteiger charge is -2.56. The van der Waals surface area contributed by atoms with Crippen LogP contribution in [-0.4, -0.2) is 30.6 Å². The molecule has 136 valence electrons. The normalized spacial score (nSPS) is 32.5. The molecule has 4 aliphatic carbocycles. The van der Waals surface area contributed by atoms with Crippen LogP contribution in [-0.2, 0) is 4.79 Å². The van der Waals surface area contributed by atoms with E-state index in [0.717, 1.165) is 23.5 Å². The van der Waals surface area contributed by atoms with Gasteiger partial charge in [-0.2, -0.15) is 0 Å². The lowest BCUT2D eigenvalue weighted by molar-refractivity contribution is -0.113. The zero-order valence-electron chi connectivity index (χ0n) is 15.0. The number of nitrogens with one attached hydrogen (secondary N) is 1. The second kappa shape index (κ2) is 6.75. The number of ether oxygens (including phenoxy) is 2. The number of anilines is 1. The zero-order valence-corrected chi connectivity index (χ0v) is 15.9. The van der Waals surface area contributed by atoms with Crippen molar-refractivity contribution in [2.75, 3.05) is 25.3 Å². The van der Waals surface area contributed by atoms with Gasteiger partial charge in [0.2, 0.25) is 5.91 Å². The van der Waals surface area contributed by atoms with Gasteiger partial charge in [0.15, 0.2) is 0 Å². The molecule has 0 radical (unpaired) electrons. The number of methoxy groups -OCH3 is 2. The summed E-state index contributed by atoms with van der Waals surface area (Å²) in [7, 11) is 3.23. The van der Waals surface area contributed by atoms with Crippen LogP contribution in [0.25, 0.3) is 0 Å². The molecule has 1 aromatic carbocycles. The number of carbonyl (C=O) groups is 1. The van der Waals surface area contributed by atoms with Gasteiger partial charge in [0.25, 0.3) is 0 Å². The average Bonchev–Trinajstić information content (AvgIpc) is 2.59. The van der Waals surface area contributed by atoms with E-state index in [0.29, 0.717) is 21.9 Å². The molecule has 4 nitrogen and oxygen atoms in total. The van der Waals surface area contributed by atoms with Crippen molar-refractivity contribution in [1.82, 2.24) is 0 Å². The summed E-state index contributed by atoms with van der Waals surface area (Å²) in [6, 6.07) is 5.47. The van der Waals surface area contributed by atoms with Crippen molar-refractivity contribution in [2.24, 2.45) is 17.8 Å². The predicted molar refractivity (Wildman–Crippen MR) is 102 cm³/mol. The average molecular weight is 362 g/mol. The first kappa shape index (κ1) is 17.1. The fourth-order valence-electron chi connectivity index (χ4n) is 5.51. The molecule has 1 aromatic rings. The maximum atomic E-state index is 12.5. The highest BCUT2D eigenvalue weighted by molar-refractivity contribution is 8.01. The first-order valence-corrected chi connectivity index (χ1v) is 10.2. The standard InChI is InChI=1S/C20H27NO3S/c1-23-16-3-4-17(18(8-16)24-2)21-19(22)12-25-20-9-13-5-14(10-20)7-15(6-13)11-20/h3-4,8,13-15H,5-7,9-12H2,1-2H3,(H,21,22). The van der Waals surface area contributed by atoms with Crippen molar-refractivity contribution in [2.45, 2.75) is 43.3 Å². The van der Waals surface area contributed by atoms with Gasteiger partial charge in [-0.1, -0.05) is 0 Å². The van der Waals surface area contributed by atoms with Gasteiger partial charge in [-0.05, 0) is 68.4 Å². The van der Waals surface area contributed by atoms with E-state index in [1.807, 2.05) is 23.9 Å². The van der Waals surface area contributed by atoms with Crippen molar-refractivity contribution < 1.29 is 14.3 Å². The Morgan fingerprint density at radius 2 is 1.76 bits per heavy atom. The van der Waals surface area contributed by atoms with Crippen LogP contribution in [0.4, 0.5) is 5.69 Å². The minimum absolute atomic E-state index is 0.0595. The number of amides is 1. The third kappa shape index (κ3) is 3.48. The van der Waals surface area contributed by atoms with Crippen LogP contribution in [0, 0.1) is 17.8 Å². The number of benzene rings is 1. The minimum Gasteiger partial charge on any atom is -0.497 e. The highest BCUT2D eigenvalue weighted by Gasteiger charge is 2.51. The molecule has 1 amide bonds. The van der Waals surface area contributed by atoms with Crippen LogP contribution >= 0.6 is 11.8 Å². The Bertz CT molecular complexity index is 625. The molecule has 0 spiro atoms. The first-order valence-electron chi connectivity index (χ1n) is 9.25. The van der Waals surface area contributed by atoms with E-state index < -0.39 is 0 Å². The van der Waals surface area contributed by atoms with Crippen molar-refractivity contribution in [3.8, 4) is 11.5 Å². The molecule has 25 heavy (non-hydrogen) atoms. The van der Waals surface area contributed by atoms with Crippen LogP contribution in [0.5, 0.6) is 11.5 Å². The maximum Gasteiger partial charge on any atom is 0.234 e. The second-order valence-corrected chi connectivity index (χ2v) is 9.45. The summed E-state index contributed by atoms with van der Waals surface area (Å²) in [5.41, 5.74) is 0.708. The Morgan fingerprint density at radius 3 is 2.32 bits per heavy atom. The van der Waals surface area contributed by atoms with Gasteiger partial charge in [-0.25, -0.2) is 0 Å². The molecule has 0 heterocycles. The van der Waals surface area contributed by atoms with Gasteiger partial charge in [0.05, 0.1) is 25.7 Å². The first-order chi connectivity index (χ1) is 12.1. The molecule has 4 fully saturated rings. The van der Waals surface area contributed by atoms with Gasteiger partial charge >= 0.3 is 0 Å². The molecule has 0 aromatic heterocycles. The molecule has 0 unspecified atom stereocenters. The number of rotatable bonds is 6. The molecule has 0 aliphatic heterocycles. The zero-order chi connectivity index (χ0) is 17.4. The predicted octanol–water partition coefficient (Wildman–Crippen LogP) is 4.34. The monoisotopic (exact) mass is 361 g/mol. The van der Waals surface area contributed by atoms with Gasteiger partial charge in [0.1, 0.15) is 11.5 Å². The second-order valence-electron chi connectivity index (χ2n) is 8.00. The van der Waals surface area contributed by atoms with Crippen LogP contribution in [0.1, 0.15) is 38.5 Å². The molecule has 5 heteroatoms. The largest absolute Gasteiger partial charge is 0.497 e. The molecule has 4 aliphatic rings. The van der Waals surface area contributed by atoms with E-state index in [4.69, 9.17) is 9.47 Å². The third-order valence-electron chi connectivity index (χ3n) is 6.17. The van der Waals surface area contributed by atoms with Crippen molar-refractivity contribution >= 4 is 23.4 Å². The molecule has 4 bridgehead atoms. The van der Waals surface area contributed by atoms with Gasteiger partial charge in [-0.15, -0.1) is 11.8 Å². The highest BCUT2D eigenvalue weighted by atomic mass is 32.2. The van der Waals surface area contributed by atoms with E-state index in [2.05, 4.69) is 5.32 Å². The van der Waals surface area contributed by atoms with E-state index >= 15 is 0 Å². The fourth-order valence-corrected chi connectivity index (χ4v) is 7.08. The highest BCUT2D eigenvalue weighted by Crippen LogP contribution is 2.60. The van der Waals surface area contributed by atoms with E-state index in [1.165, 1.54) is 38.5 Å². The summed E-state index contributed by atoms with van der Waals surface area (Å²) >= 11 is 1.90.